The number of piperidine rings is 1. The van der Waals surface area contributed by atoms with Gasteiger partial charge in [-0.25, -0.2) is 4.39 Å². The molecule has 0 unspecified atom stereocenters. The number of halogens is 1. The van der Waals surface area contributed by atoms with Crippen LogP contribution in [0.5, 0.6) is 0 Å². The first-order valence-electron chi connectivity index (χ1n) is 10.3. The van der Waals surface area contributed by atoms with E-state index in [-0.39, 0.29) is 11.7 Å². The van der Waals surface area contributed by atoms with E-state index in [4.69, 9.17) is 0 Å². The molecule has 3 nitrogen and oxygen atoms in total. The number of carbonyl (C=O) groups excluding carboxylic acids is 1. The molecule has 0 bridgehead atoms. The van der Waals surface area contributed by atoms with E-state index in [1.165, 1.54) is 32.1 Å². The normalized spacial score (nSPS) is 22.3. The summed E-state index contributed by atoms with van der Waals surface area (Å²) in [6.07, 6.45) is 8.97. The highest BCUT2D eigenvalue weighted by molar-refractivity contribution is 5.78. The standard InChI is InChI=1S/C22H33FN2O/c1-24(22(26)20-10-3-2-4-11-20)16-18-8-7-14-25(17-18)15-13-19-9-5-6-12-21(19)23/h5-6,9,12,18,20H,2-4,7-8,10-11,13-17H2,1H3/t18-/m0/s1. The topological polar surface area (TPSA) is 23.6 Å². The zero-order valence-electron chi connectivity index (χ0n) is 16.1. The second kappa shape index (κ2) is 9.50. The fourth-order valence-electron chi connectivity index (χ4n) is 4.62. The van der Waals surface area contributed by atoms with Crippen molar-refractivity contribution in [1.82, 2.24) is 9.80 Å². The second-order valence-corrected chi connectivity index (χ2v) is 8.20. The van der Waals surface area contributed by atoms with Crippen molar-refractivity contribution in [3.63, 3.8) is 0 Å². The smallest absolute Gasteiger partial charge is 0.225 e. The lowest BCUT2D eigenvalue weighted by atomic mass is 9.88. The number of amides is 1. The quantitative estimate of drug-likeness (QED) is 0.762. The van der Waals surface area contributed by atoms with Gasteiger partial charge in [0.05, 0.1) is 0 Å². The Kier molecular flexibility index (Phi) is 7.07. The molecule has 1 aromatic rings. The molecule has 0 radical (unpaired) electrons. The second-order valence-electron chi connectivity index (χ2n) is 8.20. The molecule has 1 saturated heterocycles. The predicted molar refractivity (Wildman–Crippen MR) is 103 cm³/mol. The first kappa shape index (κ1) is 19.3. The van der Waals surface area contributed by atoms with Crippen molar-refractivity contribution in [2.75, 3.05) is 33.2 Å². The lowest BCUT2D eigenvalue weighted by molar-refractivity contribution is -0.136. The predicted octanol–water partition coefficient (Wildman–Crippen LogP) is 4.12. The number of rotatable bonds is 6. The molecule has 2 aliphatic rings. The summed E-state index contributed by atoms with van der Waals surface area (Å²) in [5.41, 5.74) is 0.805. The Morgan fingerprint density at radius 1 is 1.15 bits per heavy atom. The van der Waals surface area contributed by atoms with Gasteiger partial charge in [-0.2, -0.15) is 0 Å². The zero-order valence-corrected chi connectivity index (χ0v) is 16.1. The Bertz CT molecular complexity index is 585. The maximum Gasteiger partial charge on any atom is 0.225 e. The third-order valence-electron chi connectivity index (χ3n) is 6.12. The van der Waals surface area contributed by atoms with Crippen molar-refractivity contribution in [2.45, 2.75) is 51.4 Å². The summed E-state index contributed by atoms with van der Waals surface area (Å²) in [6, 6.07) is 7.08. The van der Waals surface area contributed by atoms with Gasteiger partial charge in [0.1, 0.15) is 5.82 Å². The minimum absolute atomic E-state index is 0.0983. The summed E-state index contributed by atoms with van der Waals surface area (Å²) >= 11 is 0. The molecule has 1 aromatic carbocycles. The number of carbonyl (C=O) groups is 1. The molecule has 1 amide bonds. The number of hydrogen-bond donors (Lipinski definition) is 0. The van der Waals surface area contributed by atoms with Crippen LogP contribution in [0, 0.1) is 17.7 Å². The molecule has 1 saturated carbocycles. The zero-order chi connectivity index (χ0) is 18.4. The van der Waals surface area contributed by atoms with Gasteiger partial charge in [-0.05, 0) is 56.2 Å². The third kappa shape index (κ3) is 5.29. The molecular formula is C22H33FN2O. The van der Waals surface area contributed by atoms with Gasteiger partial charge in [-0.3, -0.25) is 4.79 Å². The maximum absolute atomic E-state index is 13.8. The lowest BCUT2D eigenvalue weighted by Gasteiger charge is -2.36. The van der Waals surface area contributed by atoms with E-state index in [0.717, 1.165) is 51.0 Å². The van der Waals surface area contributed by atoms with Crippen LogP contribution in [0.25, 0.3) is 0 Å². The Morgan fingerprint density at radius 2 is 1.92 bits per heavy atom. The van der Waals surface area contributed by atoms with E-state index in [1.54, 1.807) is 12.1 Å². The summed E-state index contributed by atoms with van der Waals surface area (Å²) in [5.74, 6) is 1.06. The monoisotopic (exact) mass is 360 g/mol. The number of hydrogen-bond acceptors (Lipinski definition) is 2. The van der Waals surface area contributed by atoms with Crippen LogP contribution in [0.15, 0.2) is 24.3 Å². The number of benzene rings is 1. The summed E-state index contributed by atoms with van der Waals surface area (Å²) in [6.45, 7) is 3.88. The largest absolute Gasteiger partial charge is 0.345 e. The third-order valence-corrected chi connectivity index (χ3v) is 6.12. The first-order valence-corrected chi connectivity index (χ1v) is 10.3. The van der Waals surface area contributed by atoms with Gasteiger partial charge in [0, 0.05) is 32.6 Å². The van der Waals surface area contributed by atoms with Gasteiger partial charge in [-0.15, -0.1) is 0 Å². The summed E-state index contributed by atoms with van der Waals surface area (Å²) in [4.78, 5) is 17.1. The van der Waals surface area contributed by atoms with E-state index in [1.807, 2.05) is 24.1 Å². The van der Waals surface area contributed by atoms with E-state index in [2.05, 4.69) is 4.90 Å². The van der Waals surface area contributed by atoms with Gasteiger partial charge in [0.25, 0.3) is 0 Å². The minimum atomic E-state index is -0.0983. The Labute approximate surface area is 157 Å². The summed E-state index contributed by atoms with van der Waals surface area (Å²) < 4.78 is 13.8. The first-order chi connectivity index (χ1) is 12.6. The van der Waals surface area contributed by atoms with Crippen LogP contribution < -0.4 is 0 Å². The average Bonchev–Trinajstić information content (AvgIpc) is 2.68. The van der Waals surface area contributed by atoms with E-state index < -0.39 is 0 Å². The Hall–Kier alpha value is -1.42. The van der Waals surface area contributed by atoms with Gasteiger partial charge >= 0.3 is 0 Å². The van der Waals surface area contributed by atoms with E-state index >= 15 is 0 Å². The molecule has 1 heterocycles. The number of likely N-dealkylation sites (tertiary alicyclic amines) is 1. The van der Waals surface area contributed by atoms with Crippen molar-refractivity contribution in [3.05, 3.63) is 35.6 Å². The summed E-state index contributed by atoms with van der Waals surface area (Å²) in [5, 5.41) is 0. The molecule has 26 heavy (non-hydrogen) atoms. The lowest BCUT2D eigenvalue weighted by Crippen LogP contribution is -2.43. The van der Waals surface area contributed by atoms with Gasteiger partial charge in [0.15, 0.2) is 0 Å². The van der Waals surface area contributed by atoms with Crippen molar-refractivity contribution in [3.8, 4) is 0 Å². The molecular weight excluding hydrogens is 327 g/mol. The highest BCUT2D eigenvalue weighted by atomic mass is 19.1. The van der Waals surface area contributed by atoms with Crippen LogP contribution in [0.2, 0.25) is 0 Å². The van der Waals surface area contributed by atoms with Crippen molar-refractivity contribution in [2.24, 2.45) is 11.8 Å². The SMILES string of the molecule is CN(C[C@@H]1CCCN(CCc2ccccc2F)C1)C(=O)C1CCCCC1. The highest BCUT2D eigenvalue weighted by Gasteiger charge is 2.27. The molecule has 3 rings (SSSR count). The van der Waals surface area contributed by atoms with E-state index in [0.29, 0.717) is 11.8 Å². The Morgan fingerprint density at radius 3 is 2.69 bits per heavy atom. The van der Waals surface area contributed by atoms with Crippen LogP contribution in [-0.2, 0) is 11.2 Å². The summed E-state index contributed by atoms with van der Waals surface area (Å²) in [7, 11) is 1.98. The number of nitrogens with zero attached hydrogens (tertiary/aromatic N) is 2. The molecule has 4 heteroatoms. The molecule has 144 valence electrons. The van der Waals surface area contributed by atoms with Crippen molar-refractivity contribution >= 4 is 5.91 Å². The molecule has 1 aliphatic carbocycles. The van der Waals surface area contributed by atoms with Crippen molar-refractivity contribution < 1.29 is 9.18 Å². The molecule has 2 fully saturated rings. The van der Waals surface area contributed by atoms with Crippen LogP contribution in [-0.4, -0.2) is 48.9 Å². The van der Waals surface area contributed by atoms with Crippen molar-refractivity contribution in [1.29, 1.82) is 0 Å². The molecule has 1 atom stereocenters. The molecule has 0 N–H and O–H groups in total. The Balaban J connectivity index is 1.45. The van der Waals surface area contributed by atoms with Crippen LogP contribution in [0.3, 0.4) is 0 Å². The van der Waals surface area contributed by atoms with Gasteiger partial charge in [-0.1, -0.05) is 37.5 Å². The van der Waals surface area contributed by atoms with Gasteiger partial charge < -0.3 is 9.80 Å². The fourth-order valence-corrected chi connectivity index (χ4v) is 4.62. The molecule has 0 spiro atoms. The van der Waals surface area contributed by atoms with Crippen LogP contribution in [0.1, 0.15) is 50.5 Å². The van der Waals surface area contributed by atoms with E-state index in [9.17, 15) is 9.18 Å². The average molecular weight is 361 g/mol. The van der Waals surface area contributed by atoms with Crippen LogP contribution in [0.4, 0.5) is 4.39 Å². The minimum Gasteiger partial charge on any atom is -0.345 e. The molecule has 0 aromatic heterocycles. The van der Waals surface area contributed by atoms with Crippen LogP contribution >= 0.6 is 0 Å². The van der Waals surface area contributed by atoms with Gasteiger partial charge in [0.2, 0.25) is 5.91 Å². The molecule has 1 aliphatic heterocycles. The maximum atomic E-state index is 13.8. The highest BCUT2D eigenvalue weighted by Crippen LogP contribution is 2.26. The fraction of sp³-hybridized carbons (Fsp3) is 0.682.